The van der Waals surface area contributed by atoms with E-state index in [4.69, 9.17) is 9.47 Å². The van der Waals surface area contributed by atoms with Crippen molar-refractivity contribution in [3.63, 3.8) is 0 Å². The average Bonchev–Trinajstić information content (AvgIpc) is 2.97. The standard InChI is InChI=1S/C21H25N3O4/c1-13-17(28-20(26)21(2,3)4)16-18(23-13)22-12-24(19(16)25)11-10-14-6-8-15(27-5)9-7-14/h6-9,12,23H,10-11H2,1-5H3. The summed E-state index contributed by atoms with van der Waals surface area (Å²) in [6.45, 7) is 7.53. The van der Waals surface area contributed by atoms with Crippen LogP contribution in [0.25, 0.3) is 11.0 Å². The van der Waals surface area contributed by atoms with E-state index in [0.29, 0.717) is 29.7 Å². The monoisotopic (exact) mass is 383 g/mol. The third-order valence-electron chi connectivity index (χ3n) is 4.52. The Hall–Kier alpha value is -3.09. The fourth-order valence-corrected chi connectivity index (χ4v) is 2.79. The smallest absolute Gasteiger partial charge is 0.316 e. The van der Waals surface area contributed by atoms with Crippen molar-refractivity contribution in [2.24, 2.45) is 5.41 Å². The van der Waals surface area contributed by atoms with Gasteiger partial charge in [0.15, 0.2) is 5.75 Å². The van der Waals surface area contributed by atoms with Gasteiger partial charge < -0.3 is 14.5 Å². The van der Waals surface area contributed by atoms with Crippen LogP contribution in [0.3, 0.4) is 0 Å². The summed E-state index contributed by atoms with van der Waals surface area (Å²) in [4.78, 5) is 32.7. The molecule has 148 valence electrons. The first-order valence-electron chi connectivity index (χ1n) is 9.13. The van der Waals surface area contributed by atoms with Crippen molar-refractivity contribution in [1.29, 1.82) is 0 Å². The van der Waals surface area contributed by atoms with Crippen molar-refractivity contribution in [1.82, 2.24) is 14.5 Å². The highest BCUT2D eigenvalue weighted by Gasteiger charge is 2.27. The number of ether oxygens (including phenoxy) is 2. The zero-order chi connectivity index (χ0) is 20.5. The summed E-state index contributed by atoms with van der Waals surface area (Å²) in [5, 5.41) is 0.298. The molecule has 0 saturated carbocycles. The predicted octanol–water partition coefficient (Wildman–Crippen LogP) is 3.24. The van der Waals surface area contributed by atoms with Crippen LogP contribution in [-0.2, 0) is 17.8 Å². The molecular formula is C21H25N3O4. The SMILES string of the molecule is COc1ccc(CCn2cnc3[nH]c(C)c(OC(=O)C(C)(C)C)c3c2=O)cc1. The first kappa shape index (κ1) is 19.7. The van der Waals surface area contributed by atoms with Crippen molar-refractivity contribution >= 4 is 17.0 Å². The van der Waals surface area contributed by atoms with E-state index in [1.807, 2.05) is 24.3 Å². The minimum atomic E-state index is -0.675. The molecule has 0 aliphatic rings. The van der Waals surface area contributed by atoms with Gasteiger partial charge in [-0.15, -0.1) is 0 Å². The summed E-state index contributed by atoms with van der Waals surface area (Å²) in [5.41, 5.74) is 1.19. The van der Waals surface area contributed by atoms with Crippen LogP contribution in [-0.4, -0.2) is 27.6 Å². The van der Waals surface area contributed by atoms with Crippen LogP contribution in [0.5, 0.6) is 11.5 Å². The molecule has 0 unspecified atom stereocenters. The summed E-state index contributed by atoms with van der Waals surface area (Å²) in [6, 6.07) is 7.71. The Morgan fingerprint density at radius 2 is 1.89 bits per heavy atom. The summed E-state index contributed by atoms with van der Waals surface area (Å²) < 4.78 is 12.2. The molecule has 0 aliphatic carbocycles. The quantitative estimate of drug-likeness (QED) is 0.684. The maximum atomic E-state index is 13.0. The molecule has 0 saturated heterocycles. The molecule has 2 heterocycles. The van der Waals surface area contributed by atoms with Crippen molar-refractivity contribution in [3.8, 4) is 11.5 Å². The van der Waals surface area contributed by atoms with Gasteiger partial charge in [-0.3, -0.25) is 14.2 Å². The lowest BCUT2D eigenvalue weighted by Gasteiger charge is -2.16. The lowest BCUT2D eigenvalue weighted by atomic mass is 9.97. The van der Waals surface area contributed by atoms with Crippen LogP contribution in [0.1, 0.15) is 32.0 Å². The third kappa shape index (κ3) is 3.93. The van der Waals surface area contributed by atoms with Crippen LogP contribution in [0.2, 0.25) is 0 Å². The number of aromatic nitrogens is 3. The molecule has 3 aromatic rings. The second kappa shape index (κ2) is 7.50. The number of fused-ring (bicyclic) bond motifs is 1. The number of aromatic amines is 1. The Balaban J connectivity index is 1.90. The van der Waals surface area contributed by atoms with Crippen molar-refractivity contribution in [2.75, 3.05) is 7.11 Å². The number of hydrogen-bond acceptors (Lipinski definition) is 5. The molecule has 2 aromatic heterocycles. The van der Waals surface area contributed by atoms with Gasteiger partial charge >= 0.3 is 5.97 Å². The molecular weight excluding hydrogens is 358 g/mol. The van der Waals surface area contributed by atoms with E-state index < -0.39 is 11.4 Å². The van der Waals surface area contributed by atoms with Crippen LogP contribution in [0, 0.1) is 12.3 Å². The van der Waals surface area contributed by atoms with Gasteiger partial charge in [0.2, 0.25) is 0 Å². The fourth-order valence-electron chi connectivity index (χ4n) is 2.79. The largest absolute Gasteiger partial charge is 0.497 e. The van der Waals surface area contributed by atoms with Crippen molar-refractivity contribution in [2.45, 2.75) is 40.7 Å². The second-order valence-electron chi connectivity index (χ2n) is 7.78. The second-order valence-corrected chi connectivity index (χ2v) is 7.78. The minimum Gasteiger partial charge on any atom is -0.497 e. The molecule has 0 bridgehead atoms. The molecule has 0 amide bonds. The number of carbonyl (C=O) groups is 1. The molecule has 7 heteroatoms. The number of esters is 1. The van der Waals surface area contributed by atoms with Crippen LogP contribution in [0.4, 0.5) is 0 Å². The molecule has 0 atom stereocenters. The Bertz CT molecular complexity index is 1060. The lowest BCUT2D eigenvalue weighted by molar-refractivity contribution is -0.142. The average molecular weight is 383 g/mol. The number of nitrogens with one attached hydrogen (secondary N) is 1. The van der Waals surface area contributed by atoms with Gasteiger partial charge in [0.1, 0.15) is 16.8 Å². The number of benzene rings is 1. The topological polar surface area (TPSA) is 86.2 Å². The van der Waals surface area contributed by atoms with E-state index in [1.54, 1.807) is 34.8 Å². The fraction of sp³-hybridized carbons (Fsp3) is 0.381. The third-order valence-corrected chi connectivity index (χ3v) is 4.52. The Morgan fingerprint density at radius 1 is 1.21 bits per heavy atom. The summed E-state index contributed by atoms with van der Waals surface area (Å²) in [5.74, 6) is 0.646. The molecule has 1 aromatic carbocycles. The van der Waals surface area contributed by atoms with Crippen molar-refractivity contribution in [3.05, 3.63) is 52.2 Å². The zero-order valence-corrected chi connectivity index (χ0v) is 16.8. The van der Waals surface area contributed by atoms with E-state index in [-0.39, 0.29) is 11.3 Å². The van der Waals surface area contributed by atoms with Gasteiger partial charge in [-0.25, -0.2) is 4.98 Å². The highest BCUT2D eigenvalue weighted by molar-refractivity contribution is 5.88. The molecule has 0 radical (unpaired) electrons. The van der Waals surface area contributed by atoms with Crippen molar-refractivity contribution < 1.29 is 14.3 Å². The number of rotatable bonds is 5. The van der Waals surface area contributed by atoms with Gasteiger partial charge in [0.25, 0.3) is 5.56 Å². The van der Waals surface area contributed by atoms with Gasteiger partial charge in [0, 0.05) is 6.54 Å². The molecule has 0 spiro atoms. The lowest BCUT2D eigenvalue weighted by Crippen LogP contribution is -2.27. The number of carbonyl (C=O) groups excluding carboxylic acids is 1. The van der Waals surface area contributed by atoms with Gasteiger partial charge in [-0.1, -0.05) is 12.1 Å². The van der Waals surface area contributed by atoms with Crippen LogP contribution in [0.15, 0.2) is 35.4 Å². The zero-order valence-electron chi connectivity index (χ0n) is 16.8. The van der Waals surface area contributed by atoms with Gasteiger partial charge in [-0.2, -0.15) is 0 Å². The van der Waals surface area contributed by atoms with E-state index in [0.717, 1.165) is 11.3 Å². The summed E-state index contributed by atoms with van der Waals surface area (Å²) in [6.07, 6.45) is 2.18. The normalized spacial score (nSPS) is 11.6. The van der Waals surface area contributed by atoms with E-state index in [2.05, 4.69) is 9.97 Å². The first-order valence-corrected chi connectivity index (χ1v) is 9.13. The van der Waals surface area contributed by atoms with E-state index >= 15 is 0 Å². The number of nitrogens with zero attached hydrogens (tertiary/aromatic N) is 2. The number of hydrogen-bond donors (Lipinski definition) is 1. The highest BCUT2D eigenvalue weighted by atomic mass is 16.5. The number of H-pyrrole nitrogens is 1. The van der Waals surface area contributed by atoms with Crippen LogP contribution < -0.4 is 15.0 Å². The summed E-state index contributed by atoms with van der Waals surface area (Å²) in [7, 11) is 1.62. The first-order chi connectivity index (χ1) is 13.2. The van der Waals surface area contributed by atoms with E-state index in [9.17, 15) is 9.59 Å². The van der Waals surface area contributed by atoms with Gasteiger partial charge in [0.05, 0.1) is 24.5 Å². The molecule has 0 aliphatic heterocycles. The molecule has 0 fully saturated rings. The highest BCUT2D eigenvalue weighted by Crippen LogP contribution is 2.28. The maximum absolute atomic E-state index is 13.0. The minimum absolute atomic E-state index is 0.237. The Labute approximate surface area is 163 Å². The van der Waals surface area contributed by atoms with Gasteiger partial charge in [-0.05, 0) is 51.8 Å². The van der Waals surface area contributed by atoms with E-state index in [1.165, 1.54) is 10.9 Å². The molecule has 28 heavy (non-hydrogen) atoms. The molecule has 1 N–H and O–H groups in total. The summed E-state index contributed by atoms with van der Waals surface area (Å²) >= 11 is 0. The molecule has 3 rings (SSSR count). The molecule has 7 nitrogen and oxygen atoms in total. The maximum Gasteiger partial charge on any atom is 0.316 e. The Morgan fingerprint density at radius 3 is 2.50 bits per heavy atom. The predicted molar refractivity (Wildman–Crippen MR) is 107 cm³/mol. The number of methoxy groups -OCH3 is 1. The van der Waals surface area contributed by atoms with Crippen LogP contribution >= 0.6 is 0 Å². The number of aryl methyl sites for hydroxylation is 3. The Kier molecular flexibility index (Phi) is 5.27.